The molecule has 8 nitrogen and oxygen atoms in total. The van der Waals surface area contributed by atoms with E-state index in [-0.39, 0.29) is 24.8 Å². The van der Waals surface area contributed by atoms with Crippen LogP contribution >= 0.6 is 0 Å². The second-order valence-electron chi connectivity index (χ2n) is 9.66. The highest BCUT2D eigenvalue weighted by molar-refractivity contribution is 6.06. The van der Waals surface area contributed by atoms with Gasteiger partial charge in [-0.15, -0.1) is 0 Å². The van der Waals surface area contributed by atoms with E-state index in [1.54, 1.807) is 49.5 Å². The Morgan fingerprint density at radius 3 is 1.93 bits per heavy atom. The molecule has 4 aromatic rings. The molecule has 0 saturated carbocycles. The Kier molecular flexibility index (Phi) is 10.3. The standard InChI is InChI=1S/C34H34N2O6/c1-41-26-11-7-9-24(21-26)17-19-36(20-18-32(37)38)34(40)31-16-6-4-14-29(31)28-13-3-5-15-30(28)33(39)35-23-25-10-8-12-27(22-25)42-2/h3-16,21-22H,17-20,23H2,1-2H3,(H,35,39)(H,37,38). The molecule has 42 heavy (non-hydrogen) atoms. The zero-order valence-corrected chi connectivity index (χ0v) is 23.7. The van der Waals surface area contributed by atoms with Crippen LogP contribution in [0.15, 0.2) is 97.1 Å². The average molecular weight is 567 g/mol. The highest BCUT2D eigenvalue weighted by Gasteiger charge is 2.22. The lowest BCUT2D eigenvalue weighted by molar-refractivity contribution is -0.137. The first-order valence-electron chi connectivity index (χ1n) is 13.6. The Morgan fingerprint density at radius 1 is 0.714 bits per heavy atom. The molecule has 0 aliphatic carbocycles. The predicted molar refractivity (Wildman–Crippen MR) is 161 cm³/mol. The number of carbonyl (C=O) groups excluding carboxylic acids is 2. The van der Waals surface area contributed by atoms with Crippen LogP contribution in [0.1, 0.15) is 38.3 Å². The SMILES string of the molecule is COc1cccc(CCN(CCC(=O)O)C(=O)c2ccccc2-c2ccccc2C(=O)NCc2cccc(OC)c2)c1. The Bertz CT molecular complexity index is 1550. The van der Waals surface area contributed by atoms with E-state index in [1.165, 1.54) is 0 Å². The molecule has 0 bridgehead atoms. The lowest BCUT2D eigenvalue weighted by Gasteiger charge is -2.24. The third-order valence-corrected chi connectivity index (χ3v) is 6.89. The van der Waals surface area contributed by atoms with Crippen molar-refractivity contribution in [3.8, 4) is 22.6 Å². The van der Waals surface area contributed by atoms with Gasteiger partial charge in [0.1, 0.15) is 11.5 Å². The van der Waals surface area contributed by atoms with Crippen LogP contribution in [0.25, 0.3) is 11.1 Å². The molecule has 0 atom stereocenters. The molecule has 0 aliphatic rings. The lowest BCUT2D eigenvalue weighted by Crippen LogP contribution is -2.35. The number of rotatable bonds is 13. The van der Waals surface area contributed by atoms with Gasteiger partial charge in [-0.3, -0.25) is 14.4 Å². The molecule has 216 valence electrons. The van der Waals surface area contributed by atoms with Gasteiger partial charge in [0.05, 0.1) is 20.6 Å². The first kappa shape index (κ1) is 29.9. The molecule has 4 aromatic carbocycles. The van der Waals surface area contributed by atoms with Crippen LogP contribution in [0, 0.1) is 0 Å². The third kappa shape index (κ3) is 7.75. The summed E-state index contributed by atoms with van der Waals surface area (Å²) >= 11 is 0. The molecular weight excluding hydrogens is 532 g/mol. The third-order valence-electron chi connectivity index (χ3n) is 6.89. The maximum absolute atomic E-state index is 13.9. The molecule has 0 radical (unpaired) electrons. The van der Waals surface area contributed by atoms with Gasteiger partial charge in [-0.2, -0.15) is 0 Å². The molecule has 0 heterocycles. The molecule has 4 rings (SSSR count). The summed E-state index contributed by atoms with van der Waals surface area (Å²) in [5, 5.41) is 12.3. The minimum atomic E-state index is -0.986. The van der Waals surface area contributed by atoms with Crippen molar-refractivity contribution in [2.24, 2.45) is 0 Å². The fraction of sp³-hybridized carbons (Fsp3) is 0.206. The van der Waals surface area contributed by atoms with Crippen molar-refractivity contribution in [3.05, 3.63) is 119 Å². The van der Waals surface area contributed by atoms with Gasteiger partial charge in [0.25, 0.3) is 11.8 Å². The normalized spacial score (nSPS) is 10.5. The fourth-order valence-electron chi connectivity index (χ4n) is 4.69. The van der Waals surface area contributed by atoms with Crippen molar-refractivity contribution in [3.63, 3.8) is 0 Å². The summed E-state index contributed by atoms with van der Waals surface area (Å²) in [6, 6.07) is 29.2. The van der Waals surface area contributed by atoms with Crippen LogP contribution in [0.2, 0.25) is 0 Å². The zero-order valence-electron chi connectivity index (χ0n) is 23.7. The van der Waals surface area contributed by atoms with E-state index in [4.69, 9.17) is 9.47 Å². The smallest absolute Gasteiger partial charge is 0.305 e. The number of carboxylic acids is 1. The summed E-state index contributed by atoms with van der Waals surface area (Å²) in [7, 11) is 3.18. The maximum atomic E-state index is 13.9. The van der Waals surface area contributed by atoms with Crippen molar-refractivity contribution in [1.29, 1.82) is 0 Å². The molecule has 0 fully saturated rings. The number of hydrogen-bond acceptors (Lipinski definition) is 5. The van der Waals surface area contributed by atoms with E-state index in [2.05, 4.69) is 5.32 Å². The van der Waals surface area contributed by atoms with Gasteiger partial charge in [-0.1, -0.05) is 60.7 Å². The lowest BCUT2D eigenvalue weighted by atomic mass is 9.94. The van der Waals surface area contributed by atoms with Crippen LogP contribution < -0.4 is 14.8 Å². The van der Waals surface area contributed by atoms with Gasteiger partial charge in [0, 0.05) is 30.8 Å². The number of carboxylic acid groups (broad SMARTS) is 1. The molecule has 2 N–H and O–H groups in total. The predicted octanol–water partition coefficient (Wildman–Crippen LogP) is 5.46. The van der Waals surface area contributed by atoms with Gasteiger partial charge >= 0.3 is 5.97 Å². The first-order valence-corrected chi connectivity index (χ1v) is 13.6. The molecule has 0 unspecified atom stereocenters. The van der Waals surface area contributed by atoms with Crippen LogP contribution in [0.5, 0.6) is 11.5 Å². The van der Waals surface area contributed by atoms with E-state index in [0.717, 1.165) is 11.1 Å². The number of ether oxygens (including phenoxy) is 2. The van der Waals surface area contributed by atoms with E-state index < -0.39 is 5.97 Å². The number of nitrogens with zero attached hydrogens (tertiary/aromatic N) is 1. The summed E-state index contributed by atoms with van der Waals surface area (Å²) < 4.78 is 10.6. The summed E-state index contributed by atoms with van der Waals surface area (Å²) in [4.78, 5) is 40.3. The van der Waals surface area contributed by atoms with Gasteiger partial charge in [-0.05, 0) is 65.1 Å². The first-order chi connectivity index (χ1) is 20.4. The van der Waals surface area contributed by atoms with Crippen molar-refractivity contribution in [1.82, 2.24) is 10.2 Å². The van der Waals surface area contributed by atoms with Crippen molar-refractivity contribution < 1.29 is 29.0 Å². The van der Waals surface area contributed by atoms with E-state index in [0.29, 0.717) is 53.3 Å². The van der Waals surface area contributed by atoms with Crippen LogP contribution in [0.4, 0.5) is 0 Å². The van der Waals surface area contributed by atoms with Gasteiger partial charge in [0.2, 0.25) is 0 Å². The molecule has 0 aliphatic heterocycles. The Labute approximate surface area is 245 Å². The number of nitrogens with one attached hydrogen (secondary N) is 1. The van der Waals surface area contributed by atoms with E-state index in [1.807, 2.05) is 66.7 Å². The Hall–Kier alpha value is -5.11. The van der Waals surface area contributed by atoms with Gasteiger partial charge in [0.15, 0.2) is 0 Å². The molecule has 0 saturated heterocycles. The number of hydrogen-bond donors (Lipinski definition) is 2. The van der Waals surface area contributed by atoms with Crippen LogP contribution in [-0.2, 0) is 17.8 Å². The van der Waals surface area contributed by atoms with Crippen LogP contribution in [0.3, 0.4) is 0 Å². The number of aliphatic carboxylic acids is 1. The summed E-state index contributed by atoms with van der Waals surface area (Å²) in [5.41, 5.74) is 3.87. The van der Waals surface area contributed by atoms with Crippen molar-refractivity contribution in [2.75, 3.05) is 27.3 Å². The molecule has 8 heteroatoms. The summed E-state index contributed by atoms with van der Waals surface area (Å²) in [5.74, 6) is -0.158. The number of amides is 2. The topological polar surface area (TPSA) is 105 Å². The Morgan fingerprint density at radius 2 is 1.29 bits per heavy atom. The minimum absolute atomic E-state index is 0.0507. The zero-order chi connectivity index (χ0) is 29.9. The highest BCUT2D eigenvalue weighted by atomic mass is 16.5. The second kappa shape index (κ2) is 14.5. The maximum Gasteiger partial charge on any atom is 0.305 e. The number of benzene rings is 4. The van der Waals surface area contributed by atoms with Crippen molar-refractivity contribution >= 4 is 17.8 Å². The number of carbonyl (C=O) groups is 3. The quantitative estimate of drug-likeness (QED) is 0.223. The fourth-order valence-corrected chi connectivity index (χ4v) is 4.69. The van der Waals surface area contributed by atoms with E-state index >= 15 is 0 Å². The van der Waals surface area contributed by atoms with E-state index in [9.17, 15) is 19.5 Å². The monoisotopic (exact) mass is 566 g/mol. The van der Waals surface area contributed by atoms with Gasteiger partial charge < -0.3 is 24.8 Å². The second-order valence-corrected chi connectivity index (χ2v) is 9.66. The average Bonchev–Trinajstić information content (AvgIpc) is 3.03. The summed E-state index contributed by atoms with van der Waals surface area (Å²) in [6.07, 6.45) is 0.337. The largest absolute Gasteiger partial charge is 0.497 e. The molecule has 2 amide bonds. The molecule has 0 aromatic heterocycles. The molecule has 0 spiro atoms. The van der Waals surface area contributed by atoms with Crippen LogP contribution in [-0.4, -0.2) is 55.1 Å². The van der Waals surface area contributed by atoms with Crippen molar-refractivity contribution in [2.45, 2.75) is 19.4 Å². The Balaban J connectivity index is 1.59. The molecular formula is C34H34N2O6. The number of methoxy groups -OCH3 is 2. The highest BCUT2D eigenvalue weighted by Crippen LogP contribution is 2.29. The summed E-state index contributed by atoms with van der Waals surface area (Å²) in [6.45, 7) is 0.670. The minimum Gasteiger partial charge on any atom is -0.497 e. The van der Waals surface area contributed by atoms with Gasteiger partial charge in [-0.25, -0.2) is 0 Å².